The topological polar surface area (TPSA) is 69.6 Å². The van der Waals surface area contributed by atoms with Crippen LogP contribution >= 0.6 is 0 Å². The fraction of sp³-hybridized carbons (Fsp3) is 0.906. The first-order chi connectivity index (χ1) is 17.7. The highest BCUT2D eigenvalue weighted by Gasteiger charge is 2.17. The molecule has 0 rings (SSSR count). The maximum absolute atomic E-state index is 12.2. The van der Waals surface area contributed by atoms with E-state index in [0.29, 0.717) is 6.42 Å². The van der Waals surface area contributed by atoms with E-state index in [1.165, 1.54) is 122 Å². The van der Waals surface area contributed by atoms with E-state index in [1.807, 2.05) is 6.08 Å². The van der Waals surface area contributed by atoms with Crippen LogP contribution < -0.4 is 5.32 Å². The average molecular weight is 510 g/mol. The summed E-state index contributed by atoms with van der Waals surface area (Å²) in [5.74, 6) is -0.0669. The fourth-order valence-electron chi connectivity index (χ4n) is 4.76. The van der Waals surface area contributed by atoms with Gasteiger partial charge in [0.15, 0.2) is 0 Å². The van der Waals surface area contributed by atoms with Gasteiger partial charge in [-0.3, -0.25) is 4.79 Å². The Hall–Kier alpha value is -0.870. The second-order valence-corrected chi connectivity index (χ2v) is 10.9. The first-order valence-corrected chi connectivity index (χ1v) is 15.9. The summed E-state index contributed by atoms with van der Waals surface area (Å²) >= 11 is 0. The maximum atomic E-state index is 12.2. The number of rotatable bonds is 28. The van der Waals surface area contributed by atoms with Crippen molar-refractivity contribution in [2.24, 2.45) is 0 Å². The molecule has 0 heterocycles. The summed E-state index contributed by atoms with van der Waals surface area (Å²) in [4.78, 5) is 12.2. The van der Waals surface area contributed by atoms with Crippen molar-refractivity contribution in [2.75, 3.05) is 6.61 Å². The molecule has 0 aromatic rings. The van der Waals surface area contributed by atoms with Crippen LogP contribution in [0.25, 0.3) is 0 Å². The first kappa shape index (κ1) is 35.1. The number of carbonyl (C=O) groups excluding carboxylic acids is 1. The summed E-state index contributed by atoms with van der Waals surface area (Å²) in [5, 5.41) is 22.7. The molecule has 0 fully saturated rings. The minimum Gasteiger partial charge on any atom is -0.394 e. The number of aliphatic hydroxyl groups is 2. The van der Waals surface area contributed by atoms with Crippen LogP contribution in [0.2, 0.25) is 0 Å². The van der Waals surface area contributed by atoms with Gasteiger partial charge in [0, 0.05) is 6.42 Å². The Morgan fingerprint density at radius 3 is 1.44 bits per heavy atom. The number of hydrogen-bond acceptors (Lipinski definition) is 3. The van der Waals surface area contributed by atoms with Crippen LogP contribution in [0.15, 0.2) is 12.2 Å². The minimum atomic E-state index is -0.830. The van der Waals surface area contributed by atoms with Crippen molar-refractivity contribution >= 4 is 5.91 Å². The van der Waals surface area contributed by atoms with E-state index >= 15 is 0 Å². The molecule has 0 aliphatic rings. The molecule has 0 saturated heterocycles. The van der Waals surface area contributed by atoms with E-state index in [9.17, 15) is 15.0 Å². The molecule has 4 heteroatoms. The van der Waals surface area contributed by atoms with Crippen LogP contribution in [0.1, 0.15) is 168 Å². The van der Waals surface area contributed by atoms with E-state index in [2.05, 4.69) is 19.2 Å². The number of aliphatic hydroxyl groups excluding tert-OH is 2. The largest absolute Gasteiger partial charge is 0.394 e. The van der Waals surface area contributed by atoms with Crippen LogP contribution in [0.4, 0.5) is 0 Å². The Morgan fingerprint density at radius 1 is 0.639 bits per heavy atom. The zero-order valence-corrected chi connectivity index (χ0v) is 24.3. The zero-order valence-electron chi connectivity index (χ0n) is 24.3. The molecule has 3 N–H and O–H groups in total. The predicted molar refractivity (Wildman–Crippen MR) is 156 cm³/mol. The standard InChI is InChI=1S/C32H63NO3/c1-3-5-7-9-11-13-15-16-18-19-21-23-25-27-31(35)30(29-34)33-32(36)28-26-24-22-20-17-14-12-10-8-6-4-2/h25,27,30-31,34-35H,3-24,26,28-29H2,1-2H3,(H,33,36)/b27-25+/t30-,31-/m0/s1. The third-order valence-electron chi connectivity index (χ3n) is 7.27. The quantitative estimate of drug-likeness (QED) is 0.0729. The van der Waals surface area contributed by atoms with Crippen LogP contribution in [0.3, 0.4) is 0 Å². The van der Waals surface area contributed by atoms with Gasteiger partial charge in [0.05, 0.1) is 18.8 Å². The van der Waals surface area contributed by atoms with Crippen LogP contribution in [0.5, 0.6) is 0 Å². The van der Waals surface area contributed by atoms with Crippen LogP contribution in [0, 0.1) is 0 Å². The molecule has 0 aliphatic carbocycles. The third kappa shape index (κ3) is 24.8. The average Bonchev–Trinajstić information content (AvgIpc) is 2.88. The molecule has 36 heavy (non-hydrogen) atoms. The third-order valence-corrected chi connectivity index (χ3v) is 7.27. The SMILES string of the molecule is CCCCCCCCCCCCC/C=C/[C@H](O)[C@H](CO)NC(=O)CCCCCCCCCCCCC. The lowest BCUT2D eigenvalue weighted by Gasteiger charge is -2.20. The van der Waals surface area contributed by atoms with Gasteiger partial charge < -0.3 is 15.5 Å². The van der Waals surface area contributed by atoms with E-state index in [1.54, 1.807) is 6.08 Å². The number of allylic oxidation sites excluding steroid dienone is 1. The summed E-state index contributed by atoms with van der Waals surface area (Å²) < 4.78 is 0. The molecule has 0 aromatic heterocycles. The van der Waals surface area contributed by atoms with E-state index in [0.717, 1.165) is 25.7 Å². The monoisotopic (exact) mass is 509 g/mol. The van der Waals surface area contributed by atoms with Gasteiger partial charge in [-0.15, -0.1) is 0 Å². The van der Waals surface area contributed by atoms with Crippen molar-refractivity contribution in [3.05, 3.63) is 12.2 Å². The summed E-state index contributed by atoms with van der Waals surface area (Å²) in [6, 6.07) is -0.612. The van der Waals surface area contributed by atoms with Gasteiger partial charge in [-0.1, -0.05) is 154 Å². The highest BCUT2D eigenvalue weighted by Crippen LogP contribution is 2.13. The number of unbranched alkanes of at least 4 members (excludes halogenated alkanes) is 21. The van der Waals surface area contributed by atoms with Crippen molar-refractivity contribution in [3.63, 3.8) is 0 Å². The molecule has 0 saturated carbocycles. The smallest absolute Gasteiger partial charge is 0.220 e. The van der Waals surface area contributed by atoms with Crippen molar-refractivity contribution in [1.29, 1.82) is 0 Å². The van der Waals surface area contributed by atoms with Gasteiger partial charge >= 0.3 is 0 Å². The number of hydrogen-bond donors (Lipinski definition) is 3. The second kappa shape index (κ2) is 28.7. The molecule has 0 aromatic carbocycles. The van der Waals surface area contributed by atoms with Gasteiger partial charge in [0.25, 0.3) is 0 Å². The molecule has 0 spiro atoms. The predicted octanol–water partition coefficient (Wildman–Crippen LogP) is 8.78. The molecule has 2 atom stereocenters. The maximum Gasteiger partial charge on any atom is 0.220 e. The molecule has 0 bridgehead atoms. The molecular formula is C32H63NO3. The van der Waals surface area contributed by atoms with Gasteiger partial charge in [-0.2, -0.15) is 0 Å². The lowest BCUT2D eigenvalue weighted by Crippen LogP contribution is -2.45. The molecule has 4 nitrogen and oxygen atoms in total. The van der Waals surface area contributed by atoms with E-state index in [-0.39, 0.29) is 12.5 Å². The van der Waals surface area contributed by atoms with Crippen molar-refractivity contribution in [3.8, 4) is 0 Å². The Morgan fingerprint density at radius 2 is 1.03 bits per heavy atom. The van der Waals surface area contributed by atoms with Crippen LogP contribution in [-0.4, -0.2) is 34.9 Å². The molecule has 0 unspecified atom stereocenters. The molecule has 0 aliphatic heterocycles. The van der Waals surface area contributed by atoms with Gasteiger partial charge in [0.1, 0.15) is 0 Å². The van der Waals surface area contributed by atoms with Crippen LogP contribution in [-0.2, 0) is 4.79 Å². The van der Waals surface area contributed by atoms with Crippen molar-refractivity contribution in [2.45, 2.75) is 180 Å². The normalized spacial score (nSPS) is 13.3. The van der Waals surface area contributed by atoms with E-state index in [4.69, 9.17) is 0 Å². The summed E-state index contributed by atoms with van der Waals surface area (Å²) in [7, 11) is 0. The molecule has 1 amide bonds. The Kier molecular flexibility index (Phi) is 28.0. The highest BCUT2D eigenvalue weighted by molar-refractivity contribution is 5.76. The highest BCUT2D eigenvalue weighted by atomic mass is 16.3. The van der Waals surface area contributed by atoms with E-state index < -0.39 is 12.1 Å². The number of carbonyl (C=O) groups is 1. The summed E-state index contributed by atoms with van der Waals surface area (Å²) in [6.45, 7) is 4.28. The second-order valence-electron chi connectivity index (χ2n) is 10.9. The first-order valence-electron chi connectivity index (χ1n) is 15.9. The Balaban J connectivity index is 3.66. The number of nitrogens with one attached hydrogen (secondary N) is 1. The van der Waals surface area contributed by atoms with Crippen molar-refractivity contribution < 1.29 is 15.0 Å². The summed E-state index contributed by atoms with van der Waals surface area (Å²) in [5.41, 5.74) is 0. The minimum absolute atomic E-state index is 0.0669. The summed E-state index contributed by atoms with van der Waals surface area (Å²) in [6.07, 6.45) is 32.8. The Labute approximate surface area is 225 Å². The fourth-order valence-corrected chi connectivity index (χ4v) is 4.76. The Bertz CT molecular complexity index is 480. The molecule has 214 valence electrons. The molecular weight excluding hydrogens is 446 g/mol. The number of amides is 1. The lowest BCUT2D eigenvalue weighted by atomic mass is 10.0. The van der Waals surface area contributed by atoms with Gasteiger partial charge in [-0.05, 0) is 19.3 Å². The lowest BCUT2D eigenvalue weighted by molar-refractivity contribution is -0.123. The zero-order chi connectivity index (χ0) is 26.5. The van der Waals surface area contributed by atoms with Gasteiger partial charge in [0.2, 0.25) is 5.91 Å². The van der Waals surface area contributed by atoms with Gasteiger partial charge in [-0.25, -0.2) is 0 Å². The molecule has 0 radical (unpaired) electrons. The van der Waals surface area contributed by atoms with Crippen molar-refractivity contribution in [1.82, 2.24) is 5.32 Å².